The molecule has 0 unspecified atom stereocenters. The predicted octanol–water partition coefficient (Wildman–Crippen LogP) is 6.18. The van der Waals surface area contributed by atoms with Crippen molar-refractivity contribution in [3.8, 4) is 0 Å². The molecule has 0 fully saturated rings. The molecule has 0 N–H and O–H groups in total. The fourth-order valence-corrected chi connectivity index (χ4v) is 6.44. The Hall–Kier alpha value is -3.43. The quantitative estimate of drug-likeness (QED) is 0.385. The molecule has 31 heavy (non-hydrogen) atoms. The molecule has 1 aliphatic carbocycles. The van der Waals surface area contributed by atoms with Gasteiger partial charge in [0.1, 0.15) is 0 Å². The second kappa shape index (κ2) is 7.36. The lowest BCUT2D eigenvalue weighted by atomic mass is 9.81. The summed E-state index contributed by atoms with van der Waals surface area (Å²) in [6.45, 7) is 1.96. The average Bonchev–Trinajstić information content (AvgIpc) is 3.54. The van der Waals surface area contributed by atoms with Gasteiger partial charge in [0.15, 0.2) is 0 Å². The minimum Gasteiger partial charge on any atom is -0.219 e. The SMILES string of the molecule is Cc1ccc(S(=O)(=O)C2=C(c3ccccc3)C2(c2ccccc2)c2ccccc2)cc1. The third kappa shape index (κ3) is 3.05. The number of benzene rings is 4. The summed E-state index contributed by atoms with van der Waals surface area (Å²) in [4.78, 5) is 0.794. The Morgan fingerprint density at radius 1 is 0.581 bits per heavy atom. The van der Waals surface area contributed by atoms with Crippen LogP contribution in [-0.4, -0.2) is 8.42 Å². The molecule has 3 heteroatoms. The molecule has 0 aliphatic heterocycles. The molecule has 0 bridgehead atoms. The van der Waals surface area contributed by atoms with E-state index in [0.717, 1.165) is 27.8 Å². The highest BCUT2D eigenvalue weighted by atomic mass is 32.2. The van der Waals surface area contributed by atoms with Crippen molar-refractivity contribution in [1.82, 2.24) is 0 Å². The van der Waals surface area contributed by atoms with Gasteiger partial charge in [-0.05, 0) is 41.3 Å². The minimum absolute atomic E-state index is 0.329. The van der Waals surface area contributed by atoms with E-state index in [1.807, 2.05) is 110 Å². The second-order valence-electron chi connectivity index (χ2n) is 7.87. The van der Waals surface area contributed by atoms with Crippen molar-refractivity contribution in [3.63, 3.8) is 0 Å². The van der Waals surface area contributed by atoms with Crippen LogP contribution >= 0.6 is 0 Å². The molecule has 1 aliphatic rings. The molecule has 0 spiro atoms. The Labute approximate surface area is 183 Å². The van der Waals surface area contributed by atoms with Gasteiger partial charge in [-0.25, -0.2) is 8.42 Å². The fourth-order valence-electron chi connectivity index (χ4n) is 4.48. The summed E-state index contributed by atoms with van der Waals surface area (Å²) in [5.74, 6) is 0. The topological polar surface area (TPSA) is 34.1 Å². The van der Waals surface area contributed by atoms with Crippen molar-refractivity contribution < 1.29 is 8.42 Å². The standard InChI is InChI=1S/C28H22O2S/c1-21-17-19-25(20-18-21)31(29,30)27-26(22-11-5-2-6-12-22)28(27,23-13-7-3-8-14-23)24-15-9-4-10-16-24/h2-20H,1H3. The first-order chi connectivity index (χ1) is 15.1. The highest BCUT2D eigenvalue weighted by molar-refractivity contribution is 7.96. The zero-order valence-electron chi connectivity index (χ0n) is 17.2. The number of sulfone groups is 1. The van der Waals surface area contributed by atoms with Crippen LogP contribution < -0.4 is 0 Å². The van der Waals surface area contributed by atoms with E-state index in [1.54, 1.807) is 12.1 Å². The van der Waals surface area contributed by atoms with Crippen LogP contribution in [0.25, 0.3) is 5.57 Å². The first-order valence-corrected chi connectivity index (χ1v) is 11.8. The molecule has 0 heterocycles. The Kier molecular flexibility index (Phi) is 4.64. The monoisotopic (exact) mass is 422 g/mol. The lowest BCUT2D eigenvalue weighted by Gasteiger charge is -2.22. The normalized spacial score (nSPS) is 15.0. The third-order valence-electron chi connectivity index (χ3n) is 5.96. The molecule has 0 radical (unpaired) electrons. The summed E-state index contributed by atoms with van der Waals surface area (Å²) in [7, 11) is -3.70. The van der Waals surface area contributed by atoms with Gasteiger partial charge in [0.25, 0.3) is 0 Å². The van der Waals surface area contributed by atoms with Crippen molar-refractivity contribution in [2.24, 2.45) is 0 Å². The highest BCUT2D eigenvalue weighted by Crippen LogP contribution is 2.66. The van der Waals surface area contributed by atoms with E-state index in [4.69, 9.17) is 0 Å². The maximum absolute atomic E-state index is 14.0. The molecule has 4 aromatic rings. The van der Waals surface area contributed by atoms with Crippen LogP contribution in [0.2, 0.25) is 0 Å². The summed E-state index contributed by atoms with van der Waals surface area (Å²) in [5, 5.41) is 0. The highest BCUT2D eigenvalue weighted by Gasteiger charge is 2.61. The minimum atomic E-state index is -3.70. The smallest absolute Gasteiger partial charge is 0.204 e. The summed E-state index contributed by atoms with van der Waals surface area (Å²) in [5.41, 5.74) is 3.95. The molecule has 2 nitrogen and oxygen atoms in total. The third-order valence-corrected chi connectivity index (χ3v) is 7.90. The van der Waals surface area contributed by atoms with E-state index in [1.165, 1.54) is 0 Å². The van der Waals surface area contributed by atoms with E-state index in [0.29, 0.717) is 9.80 Å². The van der Waals surface area contributed by atoms with Gasteiger partial charge < -0.3 is 0 Å². The summed E-state index contributed by atoms with van der Waals surface area (Å²) >= 11 is 0. The molecule has 0 amide bonds. The van der Waals surface area contributed by atoms with Gasteiger partial charge in [0, 0.05) is 0 Å². The van der Waals surface area contributed by atoms with Crippen LogP contribution in [0.1, 0.15) is 22.3 Å². The van der Waals surface area contributed by atoms with E-state index in [2.05, 4.69) is 0 Å². The summed E-state index contributed by atoms with van der Waals surface area (Å²) in [6, 6.07) is 36.9. The van der Waals surface area contributed by atoms with Crippen molar-refractivity contribution in [2.45, 2.75) is 17.2 Å². The van der Waals surface area contributed by atoms with Gasteiger partial charge in [0.05, 0.1) is 15.2 Å². The van der Waals surface area contributed by atoms with E-state index < -0.39 is 15.3 Å². The Morgan fingerprint density at radius 3 is 1.52 bits per heavy atom. The lowest BCUT2D eigenvalue weighted by molar-refractivity contribution is 0.601. The Bertz CT molecular complexity index is 1310. The van der Waals surface area contributed by atoms with Gasteiger partial charge in [0.2, 0.25) is 9.84 Å². The first-order valence-electron chi connectivity index (χ1n) is 10.3. The van der Waals surface area contributed by atoms with Crippen molar-refractivity contribution >= 4 is 15.4 Å². The molecule has 5 rings (SSSR count). The Morgan fingerprint density at radius 2 is 1.03 bits per heavy atom. The van der Waals surface area contributed by atoms with Crippen LogP contribution in [0.3, 0.4) is 0 Å². The molecule has 0 saturated carbocycles. The molecule has 0 aromatic heterocycles. The lowest BCUT2D eigenvalue weighted by Crippen LogP contribution is -2.19. The van der Waals surface area contributed by atoms with Crippen LogP contribution in [0.15, 0.2) is 125 Å². The molecule has 0 saturated heterocycles. The van der Waals surface area contributed by atoms with E-state index in [-0.39, 0.29) is 0 Å². The van der Waals surface area contributed by atoms with Crippen molar-refractivity contribution in [3.05, 3.63) is 142 Å². The molecule has 0 atom stereocenters. The van der Waals surface area contributed by atoms with Gasteiger partial charge in [-0.3, -0.25) is 0 Å². The van der Waals surface area contributed by atoms with Crippen molar-refractivity contribution in [1.29, 1.82) is 0 Å². The largest absolute Gasteiger partial charge is 0.219 e. The second-order valence-corrected chi connectivity index (χ2v) is 9.76. The number of rotatable bonds is 5. The zero-order chi connectivity index (χ0) is 21.5. The zero-order valence-corrected chi connectivity index (χ0v) is 18.0. The number of allylic oxidation sites excluding steroid dienone is 2. The van der Waals surface area contributed by atoms with Gasteiger partial charge >= 0.3 is 0 Å². The van der Waals surface area contributed by atoms with Crippen LogP contribution in [-0.2, 0) is 15.3 Å². The van der Waals surface area contributed by atoms with E-state index in [9.17, 15) is 8.42 Å². The molecule has 152 valence electrons. The van der Waals surface area contributed by atoms with Crippen LogP contribution in [0.5, 0.6) is 0 Å². The van der Waals surface area contributed by atoms with E-state index >= 15 is 0 Å². The average molecular weight is 423 g/mol. The maximum atomic E-state index is 14.0. The number of hydrogen-bond donors (Lipinski definition) is 0. The van der Waals surface area contributed by atoms with Gasteiger partial charge in [-0.1, -0.05) is 109 Å². The summed E-state index contributed by atoms with van der Waals surface area (Å²) < 4.78 is 28.0. The first kappa shape index (κ1) is 19.5. The van der Waals surface area contributed by atoms with Crippen molar-refractivity contribution in [2.75, 3.05) is 0 Å². The number of hydrogen-bond acceptors (Lipinski definition) is 2. The molecular weight excluding hydrogens is 400 g/mol. The molecular formula is C28H22O2S. The van der Waals surface area contributed by atoms with Crippen LogP contribution in [0, 0.1) is 6.92 Å². The molecule has 4 aromatic carbocycles. The van der Waals surface area contributed by atoms with Gasteiger partial charge in [-0.15, -0.1) is 0 Å². The van der Waals surface area contributed by atoms with Gasteiger partial charge in [-0.2, -0.15) is 0 Å². The predicted molar refractivity (Wildman–Crippen MR) is 125 cm³/mol. The summed E-state index contributed by atoms with van der Waals surface area (Å²) in [6.07, 6.45) is 0. The fraction of sp³-hybridized carbons (Fsp3) is 0.0714. The Balaban J connectivity index is 1.82. The van der Waals surface area contributed by atoms with Crippen LogP contribution in [0.4, 0.5) is 0 Å². The number of aryl methyl sites for hydroxylation is 1. The maximum Gasteiger partial charge on any atom is 0.204 e.